The van der Waals surface area contributed by atoms with E-state index in [1.54, 1.807) is 31.4 Å². The summed E-state index contributed by atoms with van der Waals surface area (Å²) in [5.41, 5.74) is 1.91. The van der Waals surface area contributed by atoms with E-state index in [4.69, 9.17) is 4.74 Å². The largest absolute Gasteiger partial charge is 0.497 e. The summed E-state index contributed by atoms with van der Waals surface area (Å²) in [6.07, 6.45) is -0.0631. The van der Waals surface area contributed by atoms with E-state index in [1.165, 1.54) is 0 Å². The lowest BCUT2D eigenvalue weighted by atomic mass is 10.2. The zero-order valence-corrected chi connectivity index (χ0v) is 14.6. The first kappa shape index (κ1) is 18.0. The van der Waals surface area contributed by atoms with Crippen molar-refractivity contribution in [2.75, 3.05) is 12.9 Å². The summed E-state index contributed by atoms with van der Waals surface area (Å²) >= 11 is 0. The molecule has 1 amide bonds. The van der Waals surface area contributed by atoms with Gasteiger partial charge in [0.05, 0.1) is 17.8 Å². The standard InChI is InChI=1S/C18H21NO4S/c1-14-3-9-17(10-4-14)24(21,22)12-11-18(20)19-13-15-5-7-16(23-2)8-6-15/h3-10H,11-13H2,1-2H3,(H,19,20). The fraction of sp³-hybridized carbons (Fsp3) is 0.278. The highest BCUT2D eigenvalue weighted by molar-refractivity contribution is 7.91. The Kier molecular flexibility index (Phi) is 5.98. The van der Waals surface area contributed by atoms with E-state index in [1.807, 2.05) is 31.2 Å². The molecule has 0 aliphatic heterocycles. The second kappa shape index (κ2) is 7.97. The Morgan fingerprint density at radius 3 is 2.25 bits per heavy atom. The van der Waals surface area contributed by atoms with E-state index in [9.17, 15) is 13.2 Å². The molecule has 0 aromatic heterocycles. The molecule has 5 nitrogen and oxygen atoms in total. The maximum Gasteiger partial charge on any atom is 0.221 e. The van der Waals surface area contributed by atoms with E-state index < -0.39 is 9.84 Å². The van der Waals surface area contributed by atoms with Crippen LogP contribution in [0.15, 0.2) is 53.4 Å². The molecule has 0 saturated heterocycles. The fourth-order valence-electron chi connectivity index (χ4n) is 2.12. The number of rotatable bonds is 7. The van der Waals surface area contributed by atoms with Crippen LogP contribution >= 0.6 is 0 Å². The number of carbonyl (C=O) groups is 1. The lowest BCUT2D eigenvalue weighted by molar-refractivity contribution is -0.120. The maximum absolute atomic E-state index is 12.2. The van der Waals surface area contributed by atoms with Crippen LogP contribution in [0.1, 0.15) is 17.5 Å². The molecule has 0 bridgehead atoms. The van der Waals surface area contributed by atoms with Crippen LogP contribution in [0.25, 0.3) is 0 Å². The third-order valence-corrected chi connectivity index (χ3v) is 5.36. The minimum Gasteiger partial charge on any atom is -0.497 e. The van der Waals surface area contributed by atoms with Gasteiger partial charge in [-0.1, -0.05) is 29.8 Å². The second-order valence-corrected chi connectivity index (χ2v) is 7.62. The first-order valence-electron chi connectivity index (χ1n) is 7.60. The molecule has 0 fully saturated rings. The molecule has 0 aliphatic carbocycles. The van der Waals surface area contributed by atoms with Crippen molar-refractivity contribution in [1.82, 2.24) is 5.32 Å². The van der Waals surface area contributed by atoms with Crippen molar-refractivity contribution in [3.05, 3.63) is 59.7 Å². The second-order valence-electron chi connectivity index (χ2n) is 5.51. The van der Waals surface area contributed by atoms with Crippen molar-refractivity contribution in [2.24, 2.45) is 0 Å². The number of benzene rings is 2. The van der Waals surface area contributed by atoms with E-state index in [0.29, 0.717) is 6.54 Å². The molecule has 0 saturated carbocycles. The Balaban J connectivity index is 1.84. The Labute approximate surface area is 142 Å². The number of methoxy groups -OCH3 is 1. The van der Waals surface area contributed by atoms with Crippen molar-refractivity contribution in [3.8, 4) is 5.75 Å². The molecular formula is C18H21NO4S. The summed E-state index contributed by atoms with van der Waals surface area (Å²) in [6, 6.07) is 13.9. The normalized spacial score (nSPS) is 11.1. The van der Waals surface area contributed by atoms with Crippen molar-refractivity contribution in [2.45, 2.75) is 24.8 Å². The van der Waals surface area contributed by atoms with Gasteiger partial charge in [-0.15, -0.1) is 0 Å². The molecule has 2 aromatic rings. The number of sulfone groups is 1. The number of ether oxygens (including phenoxy) is 1. The van der Waals surface area contributed by atoms with Crippen molar-refractivity contribution >= 4 is 15.7 Å². The van der Waals surface area contributed by atoms with Crippen molar-refractivity contribution in [1.29, 1.82) is 0 Å². The van der Waals surface area contributed by atoms with E-state index in [0.717, 1.165) is 16.9 Å². The minimum atomic E-state index is -3.44. The lowest BCUT2D eigenvalue weighted by Gasteiger charge is -2.07. The smallest absolute Gasteiger partial charge is 0.221 e. The van der Waals surface area contributed by atoms with Gasteiger partial charge >= 0.3 is 0 Å². The monoisotopic (exact) mass is 347 g/mol. The quantitative estimate of drug-likeness (QED) is 0.835. The maximum atomic E-state index is 12.2. The summed E-state index contributed by atoms with van der Waals surface area (Å²) in [5, 5.41) is 2.73. The third-order valence-electron chi connectivity index (χ3n) is 3.63. The molecular weight excluding hydrogens is 326 g/mol. The molecule has 0 spiro atoms. The Bertz CT molecular complexity index is 781. The zero-order chi connectivity index (χ0) is 17.6. The summed E-state index contributed by atoms with van der Waals surface area (Å²) < 4.78 is 29.5. The molecule has 0 heterocycles. The minimum absolute atomic E-state index is 0.0631. The van der Waals surface area contributed by atoms with Gasteiger partial charge < -0.3 is 10.1 Å². The molecule has 0 aliphatic rings. The Morgan fingerprint density at radius 1 is 1.04 bits per heavy atom. The highest BCUT2D eigenvalue weighted by atomic mass is 32.2. The van der Waals surface area contributed by atoms with Gasteiger partial charge in [0.25, 0.3) is 0 Å². The van der Waals surface area contributed by atoms with Crippen LogP contribution in [-0.4, -0.2) is 27.2 Å². The van der Waals surface area contributed by atoms with Gasteiger partial charge in [0, 0.05) is 13.0 Å². The zero-order valence-electron chi connectivity index (χ0n) is 13.8. The van der Waals surface area contributed by atoms with E-state index >= 15 is 0 Å². The van der Waals surface area contributed by atoms with Gasteiger partial charge in [-0.05, 0) is 36.8 Å². The van der Waals surface area contributed by atoms with E-state index in [2.05, 4.69) is 5.32 Å². The number of aryl methyl sites for hydroxylation is 1. The predicted octanol–water partition coefficient (Wildman–Crippen LogP) is 2.48. The van der Waals surface area contributed by atoms with Gasteiger partial charge in [0.1, 0.15) is 5.75 Å². The molecule has 128 valence electrons. The molecule has 2 aromatic carbocycles. The molecule has 0 unspecified atom stereocenters. The average Bonchev–Trinajstić information content (AvgIpc) is 2.59. The number of hydrogen-bond donors (Lipinski definition) is 1. The van der Waals surface area contributed by atoms with E-state index in [-0.39, 0.29) is 23.0 Å². The van der Waals surface area contributed by atoms with Gasteiger partial charge in [-0.2, -0.15) is 0 Å². The van der Waals surface area contributed by atoms with Gasteiger partial charge in [0.2, 0.25) is 5.91 Å². The molecule has 0 atom stereocenters. The SMILES string of the molecule is COc1ccc(CNC(=O)CCS(=O)(=O)c2ccc(C)cc2)cc1. The number of hydrogen-bond acceptors (Lipinski definition) is 4. The third kappa shape index (κ3) is 5.09. The molecule has 6 heteroatoms. The van der Waals surface area contributed by atoms with Crippen LogP contribution in [0.3, 0.4) is 0 Å². The number of amides is 1. The summed E-state index contributed by atoms with van der Waals surface area (Å²) in [7, 11) is -1.85. The number of nitrogens with one attached hydrogen (secondary N) is 1. The molecule has 24 heavy (non-hydrogen) atoms. The predicted molar refractivity (Wildman–Crippen MR) is 92.7 cm³/mol. The first-order chi connectivity index (χ1) is 11.4. The highest BCUT2D eigenvalue weighted by Crippen LogP contribution is 2.13. The Morgan fingerprint density at radius 2 is 1.67 bits per heavy atom. The van der Waals surface area contributed by atoms with Crippen molar-refractivity contribution in [3.63, 3.8) is 0 Å². The van der Waals surface area contributed by atoms with Crippen LogP contribution < -0.4 is 10.1 Å². The molecule has 0 radical (unpaired) electrons. The topological polar surface area (TPSA) is 72.5 Å². The Hall–Kier alpha value is -2.34. The first-order valence-corrected chi connectivity index (χ1v) is 9.25. The fourth-order valence-corrected chi connectivity index (χ4v) is 3.36. The summed E-state index contributed by atoms with van der Waals surface area (Å²) in [6.45, 7) is 2.25. The van der Waals surface area contributed by atoms with Gasteiger partial charge in [0.15, 0.2) is 9.84 Å². The molecule has 1 N–H and O–H groups in total. The summed E-state index contributed by atoms with van der Waals surface area (Å²) in [4.78, 5) is 12.1. The number of carbonyl (C=O) groups excluding carboxylic acids is 1. The van der Waals surface area contributed by atoms with Crippen LogP contribution in [-0.2, 0) is 21.2 Å². The van der Waals surface area contributed by atoms with Crippen LogP contribution in [0.4, 0.5) is 0 Å². The van der Waals surface area contributed by atoms with Crippen LogP contribution in [0.5, 0.6) is 5.75 Å². The van der Waals surface area contributed by atoms with Crippen LogP contribution in [0.2, 0.25) is 0 Å². The average molecular weight is 347 g/mol. The highest BCUT2D eigenvalue weighted by Gasteiger charge is 2.16. The lowest BCUT2D eigenvalue weighted by Crippen LogP contribution is -2.25. The molecule has 2 rings (SSSR count). The van der Waals surface area contributed by atoms with Gasteiger partial charge in [-0.3, -0.25) is 4.79 Å². The van der Waals surface area contributed by atoms with Gasteiger partial charge in [-0.25, -0.2) is 8.42 Å². The summed E-state index contributed by atoms with van der Waals surface area (Å²) in [5.74, 6) is 0.251. The van der Waals surface area contributed by atoms with Crippen molar-refractivity contribution < 1.29 is 17.9 Å². The van der Waals surface area contributed by atoms with Crippen LogP contribution in [0, 0.1) is 6.92 Å².